The SMILES string of the molecule is COc1ccc(C(=O)Cc2cc(-c3ccccc3)nc3c(F)cccc23)cc1. The molecule has 1 heterocycles. The summed E-state index contributed by atoms with van der Waals surface area (Å²) < 4.78 is 19.6. The molecule has 0 bridgehead atoms. The van der Waals surface area contributed by atoms with Crippen molar-refractivity contribution in [3.05, 3.63) is 95.8 Å². The van der Waals surface area contributed by atoms with E-state index < -0.39 is 5.82 Å². The van der Waals surface area contributed by atoms with Crippen LogP contribution in [-0.2, 0) is 6.42 Å². The maximum Gasteiger partial charge on any atom is 0.167 e. The second-order valence-corrected chi connectivity index (χ2v) is 6.50. The zero-order valence-electron chi connectivity index (χ0n) is 15.4. The van der Waals surface area contributed by atoms with E-state index in [0.717, 1.165) is 11.1 Å². The summed E-state index contributed by atoms with van der Waals surface area (Å²) in [5, 5.41) is 0.654. The molecule has 0 spiro atoms. The first-order valence-corrected chi connectivity index (χ1v) is 8.96. The summed E-state index contributed by atoms with van der Waals surface area (Å²) in [5.41, 5.74) is 3.15. The third-order valence-corrected chi connectivity index (χ3v) is 4.71. The van der Waals surface area contributed by atoms with Crippen LogP contribution in [0.15, 0.2) is 78.9 Å². The van der Waals surface area contributed by atoms with Gasteiger partial charge in [-0.1, -0.05) is 42.5 Å². The van der Waals surface area contributed by atoms with Crippen molar-refractivity contribution in [2.75, 3.05) is 7.11 Å². The van der Waals surface area contributed by atoms with Crippen molar-refractivity contribution < 1.29 is 13.9 Å². The van der Waals surface area contributed by atoms with Gasteiger partial charge < -0.3 is 4.74 Å². The number of nitrogens with zero attached hydrogens (tertiary/aromatic N) is 1. The lowest BCUT2D eigenvalue weighted by Gasteiger charge is -2.11. The Hall–Kier alpha value is -3.53. The van der Waals surface area contributed by atoms with E-state index in [4.69, 9.17) is 4.74 Å². The maximum atomic E-state index is 14.4. The first-order valence-electron chi connectivity index (χ1n) is 8.96. The normalized spacial score (nSPS) is 10.8. The molecule has 0 aliphatic heterocycles. The van der Waals surface area contributed by atoms with Crippen LogP contribution in [0, 0.1) is 5.82 Å². The number of hydrogen-bond acceptors (Lipinski definition) is 3. The predicted molar refractivity (Wildman–Crippen MR) is 108 cm³/mol. The molecule has 0 aliphatic carbocycles. The molecule has 4 rings (SSSR count). The number of aromatic nitrogens is 1. The monoisotopic (exact) mass is 371 g/mol. The van der Waals surface area contributed by atoms with E-state index in [1.807, 2.05) is 36.4 Å². The Balaban J connectivity index is 1.78. The number of methoxy groups -OCH3 is 1. The van der Waals surface area contributed by atoms with Gasteiger partial charge in [-0.05, 0) is 42.0 Å². The van der Waals surface area contributed by atoms with Crippen LogP contribution in [0.25, 0.3) is 22.2 Å². The lowest BCUT2D eigenvalue weighted by atomic mass is 9.97. The van der Waals surface area contributed by atoms with E-state index in [-0.39, 0.29) is 17.7 Å². The van der Waals surface area contributed by atoms with Crippen LogP contribution < -0.4 is 4.74 Å². The molecule has 138 valence electrons. The fourth-order valence-electron chi connectivity index (χ4n) is 3.24. The molecular formula is C24H18FNO2. The Morgan fingerprint density at radius 2 is 1.71 bits per heavy atom. The lowest BCUT2D eigenvalue weighted by Crippen LogP contribution is -2.05. The summed E-state index contributed by atoms with van der Waals surface area (Å²) in [4.78, 5) is 17.3. The van der Waals surface area contributed by atoms with Crippen LogP contribution in [0.1, 0.15) is 15.9 Å². The number of ether oxygens (including phenoxy) is 1. The summed E-state index contributed by atoms with van der Waals surface area (Å²) in [6, 6.07) is 23.3. The second-order valence-electron chi connectivity index (χ2n) is 6.50. The van der Waals surface area contributed by atoms with Crippen molar-refractivity contribution in [3.8, 4) is 17.0 Å². The van der Waals surface area contributed by atoms with E-state index in [9.17, 15) is 9.18 Å². The quantitative estimate of drug-likeness (QED) is 0.436. The molecule has 0 N–H and O–H groups in total. The number of pyridine rings is 1. The number of fused-ring (bicyclic) bond motifs is 1. The molecule has 0 saturated heterocycles. The molecular weight excluding hydrogens is 353 g/mol. The highest BCUT2D eigenvalue weighted by Gasteiger charge is 2.14. The highest BCUT2D eigenvalue weighted by molar-refractivity contribution is 6.00. The fraction of sp³-hybridized carbons (Fsp3) is 0.0833. The van der Waals surface area contributed by atoms with Gasteiger partial charge in [0.1, 0.15) is 17.1 Å². The van der Waals surface area contributed by atoms with Crippen molar-refractivity contribution in [2.45, 2.75) is 6.42 Å². The average Bonchev–Trinajstić information content (AvgIpc) is 2.75. The van der Waals surface area contributed by atoms with Gasteiger partial charge in [-0.25, -0.2) is 9.37 Å². The van der Waals surface area contributed by atoms with E-state index in [2.05, 4.69) is 4.98 Å². The molecule has 0 amide bonds. The Bertz CT molecular complexity index is 1140. The Labute approximate surface area is 162 Å². The van der Waals surface area contributed by atoms with Crippen LogP contribution in [0.5, 0.6) is 5.75 Å². The highest BCUT2D eigenvalue weighted by atomic mass is 19.1. The number of Topliss-reactive ketones (excluding diaryl/α,β-unsaturated/α-hetero) is 1. The van der Waals surface area contributed by atoms with Gasteiger partial charge in [-0.2, -0.15) is 0 Å². The first kappa shape index (κ1) is 17.9. The van der Waals surface area contributed by atoms with Gasteiger partial charge in [0.05, 0.1) is 12.8 Å². The van der Waals surface area contributed by atoms with Crippen molar-refractivity contribution >= 4 is 16.7 Å². The standard InChI is InChI=1S/C24H18FNO2/c1-28-19-12-10-17(11-13-19)23(27)15-18-14-22(16-6-3-2-4-7-16)26-24-20(18)8-5-9-21(24)25/h2-14H,15H2,1H3. The number of carbonyl (C=O) groups is 1. The summed E-state index contributed by atoms with van der Waals surface area (Å²) in [7, 11) is 1.58. The van der Waals surface area contributed by atoms with Crippen molar-refractivity contribution in [3.63, 3.8) is 0 Å². The second kappa shape index (κ2) is 7.61. The number of para-hydroxylation sites is 1. The molecule has 4 aromatic rings. The maximum absolute atomic E-state index is 14.4. The van der Waals surface area contributed by atoms with Crippen LogP contribution in [0.4, 0.5) is 4.39 Å². The number of hydrogen-bond donors (Lipinski definition) is 0. The van der Waals surface area contributed by atoms with Crippen LogP contribution >= 0.6 is 0 Å². The molecule has 3 nitrogen and oxygen atoms in total. The smallest absolute Gasteiger partial charge is 0.167 e. The molecule has 3 aromatic carbocycles. The molecule has 0 unspecified atom stereocenters. The predicted octanol–water partition coefficient (Wildman–Crippen LogP) is 5.47. The summed E-state index contributed by atoms with van der Waals surface area (Å²) in [5.74, 6) is 0.256. The molecule has 28 heavy (non-hydrogen) atoms. The van der Waals surface area contributed by atoms with E-state index in [0.29, 0.717) is 22.4 Å². The molecule has 0 aliphatic rings. The zero-order chi connectivity index (χ0) is 19.5. The Morgan fingerprint density at radius 1 is 0.964 bits per heavy atom. The topological polar surface area (TPSA) is 39.2 Å². The molecule has 0 saturated carbocycles. The Kier molecular flexibility index (Phi) is 4.85. The average molecular weight is 371 g/mol. The van der Waals surface area contributed by atoms with E-state index in [1.54, 1.807) is 43.5 Å². The fourth-order valence-corrected chi connectivity index (χ4v) is 3.24. The van der Waals surface area contributed by atoms with Crippen LogP contribution in [-0.4, -0.2) is 17.9 Å². The van der Waals surface area contributed by atoms with Gasteiger partial charge in [-0.15, -0.1) is 0 Å². The number of rotatable bonds is 5. The van der Waals surface area contributed by atoms with Gasteiger partial charge in [0.25, 0.3) is 0 Å². The van der Waals surface area contributed by atoms with Gasteiger partial charge in [-0.3, -0.25) is 4.79 Å². The summed E-state index contributed by atoms with van der Waals surface area (Å²) in [6.07, 6.45) is 0.161. The van der Waals surface area contributed by atoms with Gasteiger partial charge in [0.15, 0.2) is 5.78 Å². The zero-order valence-corrected chi connectivity index (χ0v) is 15.4. The summed E-state index contributed by atoms with van der Waals surface area (Å²) >= 11 is 0. The minimum atomic E-state index is -0.395. The van der Waals surface area contributed by atoms with Crippen LogP contribution in [0.2, 0.25) is 0 Å². The summed E-state index contributed by atoms with van der Waals surface area (Å²) in [6.45, 7) is 0. The van der Waals surface area contributed by atoms with Crippen molar-refractivity contribution in [1.82, 2.24) is 4.98 Å². The third-order valence-electron chi connectivity index (χ3n) is 4.71. The first-order chi connectivity index (χ1) is 13.7. The Morgan fingerprint density at radius 3 is 2.43 bits per heavy atom. The molecule has 4 heteroatoms. The number of carbonyl (C=O) groups excluding carboxylic acids is 1. The molecule has 0 fully saturated rings. The van der Waals surface area contributed by atoms with Gasteiger partial charge in [0.2, 0.25) is 0 Å². The third kappa shape index (κ3) is 3.49. The van der Waals surface area contributed by atoms with Gasteiger partial charge in [0, 0.05) is 22.9 Å². The lowest BCUT2D eigenvalue weighted by molar-refractivity contribution is 0.0993. The largest absolute Gasteiger partial charge is 0.497 e. The van der Waals surface area contributed by atoms with E-state index in [1.165, 1.54) is 6.07 Å². The molecule has 0 atom stereocenters. The van der Waals surface area contributed by atoms with Crippen molar-refractivity contribution in [2.24, 2.45) is 0 Å². The van der Waals surface area contributed by atoms with Gasteiger partial charge >= 0.3 is 0 Å². The number of benzene rings is 3. The van der Waals surface area contributed by atoms with E-state index >= 15 is 0 Å². The number of ketones is 1. The van der Waals surface area contributed by atoms with Crippen LogP contribution in [0.3, 0.4) is 0 Å². The van der Waals surface area contributed by atoms with Crippen molar-refractivity contribution in [1.29, 1.82) is 0 Å². The molecule has 0 radical (unpaired) electrons. The minimum absolute atomic E-state index is 0.0431. The molecule has 1 aromatic heterocycles. The highest BCUT2D eigenvalue weighted by Crippen LogP contribution is 2.27. The number of halogens is 1. The minimum Gasteiger partial charge on any atom is -0.497 e.